The van der Waals surface area contributed by atoms with Gasteiger partial charge in [-0.2, -0.15) is 16.8 Å². The lowest BCUT2D eigenvalue weighted by Crippen LogP contribution is -2.41. The fourth-order valence-corrected chi connectivity index (χ4v) is 6.54. The number of carbonyl (C=O) groups excluding carboxylic acids is 2. The van der Waals surface area contributed by atoms with Crippen LogP contribution in [0.15, 0.2) is 58.3 Å². The molecule has 0 saturated heterocycles. The summed E-state index contributed by atoms with van der Waals surface area (Å²) in [4.78, 5) is 29.1. The molecule has 0 unspecified atom stereocenters. The van der Waals surface area contributed by atoms with E-state index in [4.69, 9.17) is 0 Å². The molecule has 0 aliphatic carbocycles. The predicted octanol–water partition coefficient (Wildman–Crippen LogP) is 8.19. The summed E-state index contributed by atoms with van der Waals surface area (Å²) in [6, 6.07) is 10.7. The van der Waals surface area contributed by atoms with Gasteiger partial charge in [-0.3, -0.25) is 18.9 Å². The van der Waals surface area contributed by atoms with E-state index in [0.29, 0.717) is 37.6 Å². The minimum atomic E-state index is -4.33. The van der Waals surface area contributed by atoms with Crippen molar-refractivity contribution >= 4 is 43.7 Å². The maximum Gasteiger partial charge on any atom is 0.321 e. The molecule has 2 aromatic rings. The van der Waals surface area contributed by atoms with Crippen LogP contribution >= 0.6 is 0 Å². The first kappa shape index (κ1) is 43.0. The predicted molar refractivity (Wildman–Crippen MR) is 199 cm³/mol. The second-order valence-electron chi connectivity index (χ2n) is 12.7. The zero-order chi connectivity index (χ0) is 36.8. The number of urea groups is 2. The van der Waals surface area contributed by atoms with Crippen LogP contribution in [0.5, 0.6) is 0 Å². The summed E-state index contributed by atoms with van der Waals surface area (Å²) in [6.07, 6.45) is 15.9. The smallest absolute Gasteiger partial charge is 0.321 e. The maximum atomic E-state index is 13.1. The second-order valence-corrected chi connectivity index (χ2v) is 15.5. The summed E-state index contributed by atoms with van der Waals surface area (Å²) < 4.78 is 64.5. The van der Waals surface area contributed by atoms with Gasteiger partial charge in [0.15, 0.2) is 0 Å². The Morgan fingerprint density at radius 1 is 0.500 bits per heavy atom. The number of hydrogen-bond acceptors (Lipinski definition) is 6. The Kier molecular flexibility index (Phi) is 20.0. The number of carbonyl (C=O) groups is 2. The van der Waals surface area contributed by atoms with E-state index >= 15 is 0 Å². The standard InChI is InChI=1S/C36H58N4O8S2/c1-3-5-7-9-13-17-29-39(31-19-23-33(24-20-31)49(43,44)45)35(41)37-27-15-11-12-16-28-38-36(42)40(30-18-14-10-8-6-4-2)32-21-25-34(26-22-32)50(46,47)48/h19-26H,3-18,27-30H2,1-2H3,(H,37,41)(H,38,42)(H,43,44,45)(H,46,47,48). The fourth-order valence-electron chi connectivity index (χ4n) is 5.58. The number of rotatable bonds is 25. The van der Waals surface area contributed by atoms with E-state index in [1.165, 1.54) is 61.4 Å². The van der Waals surface area contributed by atoms with Crippen molar-refractivity contribution in [1.82, 2.24) is 10.6 Å². The van der Waals surface area contributed by atoms with Gasteiger partial charge in [-0.15, -0.1) is 0 Å². The van der Waals surface area contributed by atoms with Crippen LogP contribution < -0.4 is 20.4 Å². The lowest BCUT2D eigenvalue weighted by molar-refractivity contribution is 0.244. The first-order valence-corrected chi connectivity index (χ1v) is 21.0. The molecule has 4 amide bonds. The van der Waals surface area contributed by atoms with Crippen LogP contribution in [-0.4, -0.2) is 64.2 Å². The lowest BCUT2D eigenvalue weighted by Gasteiger charge is -2.24. The zero-order valence-corrected chi connectivity index (χ0v) is 31.4. The van der Waals surface area contributed by atoms with E-state index in [9.17, 15) is 35.5 Å². The fraction of sp³-hybridized carbons (Fsp3) is 0.611. The van der Waals surface area contributed by atoms with Crippen molar-refractivity contribution in [3.05, 3.63) is 48.5 Å². The molecule has 0 heterocycles. The van der Waals surface area contributed by atoms with Crippen molar-refractivity contribution in [2.45, 2.75) is 126 Å². The number of unbranched alkanes of at least 4 members (excludes halogenated alkanes) is 13. The van der Waals surface area contributed by atoms with Crippen LogP contribution in [0.1, 0.15) is 117 Å². The number of anilines is 2. The Hall–Kier alpha value is -3.20. The molecule has 12 nitrogen and oxygen atoms in total. The van der Waals surface area contributed by atoms with Crippen molar-refractivity contribution in [2.24, 2.45) is 0 Å². The molecule has 0 aromatic heterocycles. The summed E-state index contributed by atoms with van der Waals surface area (Å²) in [5.41, 5.74) is 1.11. The molecule has 2 aromatic carbocycles. The Labute approximate surface area is 299 Å². The summed E-state index contributed by atoms with van der Waals surface area (Å²) >= 11 is 0. The first-order valence-electron chi connectivity index (χ1n) is 18.1. The highest BCUT2D eigenvalue weighted by atomic mass is 32.2. The van der Waals surface area contributed by atoms with Gasteiger partial charge in [0.1, 0.15) is 0 Å². The molecule has 2 rings (SSSR count). The summed E-state index contributed by atoms with van der Waals surface area (Å²) in [5.74, 6) is 0. The Morgan fingerprint density at radius 2 is 0.800 bits per heavy atom. The highest BCUT2D eigenvalue weighted by molar-refractivity contribution is 7.86. The van der Waals surface area contributed by atoms with E-state index in [1.54, 1.807) is 9.80 Å². The third-order valence-corrected chi connectivity index (χ3v) is 10.2. The topological polar surface area (TPSA) is 173 Å². The highest BCUT2D eigenvalue weighted by Crippen LogP contribution is 2.21. The van der Waals surface area contributed by atoms with Gasteiger partial charge < -0.3 is 10.6 Å². The van der Waals surface area contributed by atoms with Gasteiger partial charge in [-0.1, -0.05) is 90.9 Å². The molecular formula is C36H58N4O8S2. The van der Waals surface area contributed by atoms with Crippen LogP contribution in [0, 0.1) is 0 Å². The second kappa shape index (κ2) is 23.3. The first-order chi connectivity index (χ1) is 23.9. The summed E-state index contributed by atoms with van der Waals surface area (Å²) in [7, 11) is -8.66. The van der Waals surface area contributed by atoms with Gasteiger partial charge >= 0.3 is 12.1 Å². The van der Waals surface area contributed by atoms with Gasteiger partial charge in [-0.05, 0) is 74.2 Å². The summed E-state index contributed by atoms with van der Waals surface area (Å²) in [5, 5.41) is 5.94. The van der Waals surface area contributed by atoms with Crippen LogP contribution in [-0.2, 0) is 20.2 Å². The summed E-state index contributed by atoms with van der Waals surface area (Å²) in [6.45, 7) is 6.23. The Balaban J connectivity index is 1.82. The quantitative estimate of drug-likeness (QED) is 0.0583. The molecule has 50 heavy (non-hydrogen) atoms. The molecule has 282 valence electrons. The van der Waals surface area contributed by atoms with Crippen molar-refractivity contribution < 1.29 is 35.5 Å². The third-order valence-electron chi connectivity index (χ3n) is 8.51. The van der Waals surface area contributed by atoms with Gasteiger partial charge in [0, 0.05) is 37.6 Å². The van der Waals surface area contributed by atoms with Gasteiger partial charge in [-0.25, -0.2) is 9.59 Å². The van der Waals surface area contributed by atoms with Crippen LogP contribution in [0.25, 0.3) is 0 Å². The van der Waals surface area contributed by atoms with E-state index in [-0.39, 0.29) is 21.9 Å². The highest BCUT2D eigenvalue weighted by Gasteiger charge is 2.18. The molecule has 0 aliphatic rings. The number of benzene rings is 2. The molecule has 0 fully saturated rings. The Morgan fingerprint density at radius 3 is 1.12 bits per heavy atom. The van der Waals surface area contributed by atoms with Crippen LogP contribution in [0.4, 0.5) is 21.0 Å². The molecule has 14 heteroatoms. The van der Waals surface area contributed by atoms with Gasteiger partial charge in [0.2, 0.25) is 0 Å². The normalized spacial score (nSPS) is 11.7. The van der Waals surface area contributed by atoms with Crippen molar-refractivity contribution in [3.63, 3.8) is 0 Å². The van der Waals surface area contributed by atoms with Crippen molar-refractivity contribution in [3.8, 4) is 0 Å². The monoisotopic (exact) mass is 738 g/mol. The molecule has 4 N–H and O–H groups in total. The SMILES string of the molecule is CCCCCCCCN(C(=O)NCCCCCCNC(=O)N(CCCCCCCC)c1ccc(S(=O)(=O)O)cc1)c1ccc(S(=O)(=O)O)cc1. The molecule has 0 aliphatic heterocycles. The minimum absolute atomic E-state index is 0.225. The van der Waals surface area contributed by atoms with E-state index in [2.05, 4.69) is 24.5 Å². The van der Waals surface area contributed by atoms with Gasteiger partial charge in [0.05, 0.1) is 9.79 Å². The van der Waals surface area contributed by atoms with E-state index < -0.39 is 20.2 Å². The van der Waals surface area contributed by atoms with Crippen LogP contribution in [0.3, 0.4) is 0 Å². The van der Waals surface area contributed by atoms with E-state index in [1.807, 2.05) is 0 Å². The lowest BCUT2D eigenvalue weighted by atomic mass is 10.1. The molecule has 0 bridgehead atoms. The average molecular weight is 739 g/mol. The van der Waals surface area contributed by atoms with Crippen LogP contribution in [0.2, 0.25) is 0 Å². The average Bonchev–Trinajstić information content (AvgIpc) is 3.08. The third kappa shape index (κ3) is 16.7. The number of nitrogens with zero attached hydrogens (tertiary/aromatic N) is 2. The number of hydrogen-bond donors (Lipinski definition) is 4. The largest absolute Gasteiger partial charge is 0.338 e. The number of nitrogens with one attached hydrogen (secondary N) is 2. The van der Waals surface area contributed by atoms with Crippen molar-refractivity contribution in [2.75, 3.05) is 36.0 Å². The maximum absolute atomic E-state index is 13.1. The van der Waals surface area contributed by atoms with E-state index in [0.717, 1.165) is 89.9 Å². The Bertz CT molecular complexity index is 1370. The molecule has 0 saturated carbocycles. The molecule has 0 atom stereocenters. The molecule has 0 radical (unpaired) electrons. The zero-order valence-electron chi connectivity index (χ0n) is 29.8. The minimum Gasteiger partial charge on any atom is -0.338 e. The van der Waals surface area contributed by atoms with Crippen molar-refractivity contribution in [1.29, 1.82) is 0 Å². The molecule has 0 spiro atoms. The molecular weight excluding hydrogens is 681 g/mol. The number of amides is 4. The van der Waals surface area contributed by atoms with Gasteiger partial charge in [0.25, 0.3) is 20.2 Å².